The molecule has 0 nitrogen and oxygen atoms in total. The lowest BCUT2D eigenvalue weighted by molar-refractivity contribution is 1.46. The van der Waals surface area contributed by atoms with Gasteiger partial charge in [-0.1, -0.05) is 55.6 Å². The van der Waals surface area contributed by atoms with Gasteiger partial charge in [-0.3, -0.25) is 0 Å². The highest BCUT2D eigenvalue weighted by molar-refractivity contribution is 9.10. The Kier molecular flexibility index (Phi) is 3.15. The Morgan fingerprint density at radius 1 is 1.07 bits per heavy atom. The summed E-state index contributed by atoms with van der Waals surface area (Å²) in [6.45, 7) is 0. The van der Waals surface area contributed by atoms with Crippen molar-refractivity contribution in [2.24, 2.45) is 0 Å². The first kappa shape index (κ1) is 10.5. The molecule has 0 heterocycles. The molecule has 0 unspecified atom stereocenters. The lowest BCUT2D eigenvalue weighted by Gasteiger charge is -2.04. The molecular formula is C11H7Br2Cl. The highest BCUT2D eigenvalue weighted by Gasteiger charge is 2.03. The molecule has 0 atom stereocenters. The number of halogens is 3. The second-order valence-electron chi connectivity index (χ2n) is 3.04. The molecule has 0 aliphatic heterocycles. The minimum absolute atomic E-state index is 0.796. The van der Waals surface area contributed by atoms with Crippen LogP contribution in [-0.4, -0.2) is 0 Å². The van der Waals surface area contributed by atoms with Crippen molar-refractivity contribution in [1.29, 1.82) is 0 Å². The van der Waals surface area contributed by atoms with Gasteiger partial charge < -0.3 is 0 Å². The first-order chi connectivity index (χ1) is 6.72. The van der Waals surface area contributed by atoms with Gasteiger partial charge >= 0.3 is 0 Å². The number of hydrogen-bond acceptors (Lipinski definition) is 0. The lowest BCUT2D eigenvalue weighted by atomic mass is 10.1. The Hall–Kier alpha value is -0.0500. The van der Waals surface area contributed by atoms with Crippen LogP contribution >= 0.6 is 43.5 Å². The van der Waals surface area contributed by atoms with Gasteiger partial charge in [-0.2, -0.15) is 0 Å². The fourth-order valence-corrected chi connectivity index (χ4v) is 2.44. The zero-order chi connectivity index (χ0) is 10.1. The van der Waals surface area contributed by atoms with Gasteiger partial charge in [0.05, 0.1) is 0 Å². The molecule has 14 heavy (non-hydrogen) atoms. The number of alkyl halides is 1. The summed E-state index contributed by atoms with van der Waals surface area (Å²) in [6.07, 6.45) is 0. The summed E-state index contributed by atoms with van der Waals surface area (Å²) >= 11 is 13.1. The van der Waals surface area contributed by atoms with Crippen molar-refractivity contribution >= 4 is 54.2 Å². The average molecular weight is 334 g/mol. The molecule has 0 aromatic heterocycles. The Bertz CT molecular complexity index is 480. The second-order valence-corrected chi connectivity index (χ2v) is 4.87. The molecule has 2 aromatic rings. The molecule has 3 heteroatoms. The van der Waals surface area contributed by atoms with Crippen LogP contribution in [0, 0.1) is 0 Å². The van der Waals surface area contributed by atoms with Crippen molar-refractivity contribution in [2.75, 3.05) is 0 Å². The minimum atomic E-state index is 0.796. The van der Waals surface area contributed by atoms with Crippen LogP contribution in [0.1, 0.15) is 5.56 Å². The van der Waals surface area contributed by atoms with Gasteiger partial charge in [-0.15, -0.1) is 0 Å². The molecule has 0 saturated heterocycles. The summed E-state index contributed by atoms with van der Waals surface area (Å²) in [5.41, 5.74) is 1.25. The van der Waals surface area contributed by atoms with Crippen molar-refractivity contribution in [2.45, 2.75) is 5.33 Å². The highest BCUT2D eigenvalue weighted by atomic mass is 79.9. The Balaban J connectivity index is 2.80. The van der Waals surface area contributed by atoms with E-state index in [2.05, 4.69) is 50.1 Å². The fraction of sp³-hybridized carbons (Fsp3) is 0.0909. The summed E-state index contributed by atoms with van der Waals surface area (Å²) in [5, 5.41) is 3.91. The molecule has 0 spiro atoms. The molecule has 0 aliphatic rings. The maximum absolute atomic E-state index is 6.09. The van der Waals surface area contributed by atoms with Gasteiger partial charge in [0.2, 0.25) is 0 Å². The average Bonchev–Trinajstić information content (AvgIpc) is 2.23. The number of benzene rings is 2. The molecular weight excluding hydrogens is 327 g/mol. The lowest BCUT2D eigenvalue weighted by Crippen LogP contribution is -1.80. The van der Waals surface area contributed by atoms with E-state index in [1.54, 1.807) is 0 Å². The maximum Gasteiger partial charge on any atom is 0.0485 e. The third-order valence-electron chi connectivity index (χ3n) is 2.13. The maximum atomic E-state index is 6.09. The SMILES string of the molecule is Clc1ccc(Br)c2cc(CBr)ccc12. The molecule has 0 fully saturated rings. The van der Waals surface area contributed by atoms with Crippen molar-refractivity contribution in [1.82, 2.24) is 0 Å². The quantitative estimate of drug-likeness (QED) is 0.633. The largest absolute Gasteiger partial charge is 0.0876 e. The van der Waals surface area contributed by atoms with Crippen LogP contribution in [0.2, 0.25) is 5.02 Å². The van der Waals surface area contributed by atoms with Gasteiger partial charge in [0.1, 0.15) is 0 Å². The van der Waals surface area contributed by atoms with Gasteiger partial charge in [0, 0.05) is 20.2 Å². The third kappa shape index (κ3) is 1.83. The first-order valence-electron chi connectivity index (χ1n) is 4.15. The van der Waals surface area contributed by atoms with Crippen LogP contribution in [0.25, 0.3) is 10.8 Å². The standard InChI is InChI=1S/C11H7Br2Cl/c12-6-7-1-2-8-9(5-7)10(13)3-4-11(8)14/h1-5H,6H2. The number of fused-ring (bicyclic) bond motifs is 1. The highest BCUT2D eigenvalue weighted by Crippen LogP contribution is 2.30. The van der Waals surface area contributed by atoms with Crippen LogP contribution in [0.3, 0.4) is 0 Å². The first-order valence-corrected chi connectivity index (χ1v) is 6.44. The van der Waals surface area contributed by atoms with E-state index in [1.165, 1.54) is 5.56 Å². The van der Waals surface area contributed by atoms with Gasteiger partial charge in [-0.25, -0.2) is 0 Å². The van der Waals surface area contributed by atoms with Gasteiger partial charge in [-0.05, 0) is 29.1 Å². The Morgan fingerprint density at radius 3 is 2.57 bits per heavy atom. The van der Waals surface area contributed by atoms with Crippen LogP contribution < -0.4 is 0 Å². The molecule has 0 aliphatic carbocycles. The summed E-state index contributed by atoms with van der Waals surface area (Å²) < 4.78 is 1.08. The Labute approximate surface area is 105 Å². The van der Waals surface area contributed by atoms with Gasteiger partial charge in [0.25, 0.3) is 0 Å². The minimum Gasteiger partial charge on any atom is -0.0876 e. The molecule has 2 aromatic carbocycles. The number of hydrogen-bond donors (Lipinski definition) is 0. The van der Waals surface area contributed by atoms with E-state index in [0.717, 1.165) is 25.6 Å². The van der Waals surface area contributed by atoms with Crippen LogP contribution in [0.4, 0.5) is 0 Å². The topological polar surface area (TPSA) is 0 Å². The summed E-state index contributed by atoms with van der Waals surface area (Å²) in [7, 11) is 0. The van der Waals surface area contributed by atoms with E-state index in [1.807, 2.05) is 12.1 Å². The zero-order valence-electron chi connectivity index (χ0n) is 7.23. The Morgan fingerprint density at radius 2 is 1.86 bits per heavy atom. The third-order valence-corrected chi connectivity index (χ3v) is 3.80. The predicted molar refractivity (Wildman–Crippen MR) is 69.3 cm³/mol. The normalized spacial score (nSPS) is 10.8. The van der Waals surface area contributed by atoms with E-state index in [0.29, 0.717) is 0 Å². The number of rotatable bonds is 1. The van der Waals surface area contributed by atoms with Gasteiger partial charge in [0.15, 0.2) is 0 Å². The molecule has 0 N–H and O–H groups in total. The predicted octanol–water partition coefficient (Wildman–Crippen LogP) is 5.15. The van der Waals surface area contributed by atoms with Crippen molar-refractivity contribution in [3.8, 4) is 0 Å². The van der Waals surface area contributed by atoms with Crippen LogP contribution in [0.15, 0.2) is 34.8 Å². The van der Waals surface area contributed by atoms with Crippen molar-refractivity contribution in [3.05, 3.63) is 45.4 Å². The monoisotopic (exact) mass is 332 g/mol. The van der Waals surface area contributed by atoms with E-state index in [9.17, 15) is 0 Å². The fourth-order valence-electron chi connectivity index (χ4n) is 1.41. The van der Waals surface area contributed by atoms with Crippen LogP contribution in [-0.2, 0) is 5.33 Å². The molecule has 2 rings (SSSR count). The summed E-state index contributed by atoms with van der Waals surface area (Å²) in [6, 6.07) is 10.2. The zero-order valence-corrected chi connectivity index (χ0v) is 11.2. The van der Waals surface area contributed by atoms with E-state index < -0.39 is 0 Å². The second kappa shape index (κ2) is 4.21. The van der Waals surface area contributed by atoms with Crippen molar-refractivity contribution in [3.63, 3.8) is 0 Å². The molecule has 0 saturated carbocycles. The molecule has 0 amide bonds. The summed E-state index contributed by atoms with van der Waals surface area (Å²) in [4.78, 5) is 0. The molecule has 72 valence electrons. The van der Waals surface area contributed by atoms with E-state index in [4.69, 9.17) is 11.6 Å². The molecule has 0 bridgehead atoms. The van der Waals surface area contributed by atoms with E-state index in [-0.39, 0.29) is 0 Å². The van der Waals surface area contributed by atoms with Crippen molar-refractivity contribution < 1.29 is 0 Å². The molecule has 0 radical (unpaired) electrons. The van der Waals surface area contributed by atoms with Crippen LogP contribution in [0.5, 0.6) is 0 Å². The smallest absolute Gasteiger partial charge is 0.0485 e. The van der Waals surface area contributed by atoms with E-state index >= 15 is 0 Å². The summed E-state index contributed by atoms with van der Waals surface area (Å²) in [5.74, 6) is 0.